The van der Waals surface area contributed by atoms with Gasteiger partial charge in [0.25, 0.3) is 0 Å². The second-order valence-corrected chi connectivity index (χ2v) is 6.62. The number of hydrogen-bond donors (Lipinski definition) is 2. The van der Waals surface area contributed by atoms with E-state index < -0.39 is 0 Å². The molecule has 134 valence electrons. The molecule has 0 spiro atoms. The largest absolute Gasteiger partial charge is 0.497 e. The van der Waals surface area contributed by atoms with Crippen LogP contribution >= 0.6 is 0 Å². The van der Waals surface area contributed by atoms with Gasteiger partial charge in [0.15, 0.2) is 0 Å². The lowest BCUT2D eigenvalue weighted by Gasteiger charge is -2.41. The number of nitrogens with one attached hydrogen (secondary N) is 1. The van der Waals surface area contributed by atoms with Gasteiger partial charge in [0, 0.05) is 18.0 Å². The molecule has 0 unspecified atom stereocenters. The van der Waals surface area contributed by atoms with Gasteiger partial charge in [-0.05, 0) is 48.2 Å². The summed E-state index contributed by atoms with van der Waals surface area (Å²) in [7, 11) is 3.34. The Balaban J connectivity index is 1.85. The highest BCUT2D eigenvalue weighted by molar-refractivity contribution is 5.33. The van der Waals surface area contributed by atoms with Crippen molar-refractivity contribution in [2.24, 2.45) is 5.92 Å². The van der Waals surface area contributed by atoms with Crippen molar-refractivity contribution in [3.8, 4) is 11.5 Å². The van der Waals surface area contributed by atoms with Crippen LogP contribution < -0.4 is 14.8 Å². The monoisotopic (exact) mass is 341 g/mol. The van der Waals surface area contributed by atoms with Crippen molar-refractivity contribution in [1.29, 1.82) is 0 Å². The van der Waals surface area contributed by atoms with Gasteiger partial charge in [-0.1, -0.05) is 31.2 Å². The highest BCUT2D eigenvalue weighted by Gasteiger charge is 2.36. The first kappa shape index (κ1) is 17.8. The van der Waals surface area contributed by atoms with Gasteiger partial charge in [-0.3, -0.25) is 0 Å². The Hall–Kier alpha value is -2.04. The highest BCUT2D eigenvalue weighted by Crippen LogP contribution is 2.39. The van der Waals surface area contributed by atoms with Crippen molar-refractivity contribution in [3.05, 3.63) is 59.7 Å². The molecule has 0 aliphatic carbocycles. The molecule has 0 aromatic heterocycles. The fourth-order valence-corrected chi connectivity index (χ4v) is 3.78. The molecule has 1 fully saturated rings. The molecule has 0 saturated carbocycles. The smallest absolute Gasteiger partial charge is 0.118 e. The molecular weight excluding hydrogens is 314 g/mol. The van der Waals surface area contributed by atoms with Crippen LogP contribution in [0.1, 0.15) is 43.0 Å². The maximum Gasteiger partial charge on any atom is 0.118 e. The predicted molar refractivity (Wildman–Crippen MR) is 99.0 cm³/mol. The van der Waals surface area contributed by atoms with Gasteiger partial charge in [-0.25, -0.2) is 0 Å². The van der Waals surface area contributed by atoms with Crippen LogP contribution in [-0.4, -0.2) is 25.4 Å². The minimum absolute atomic E-state index is 0.117. The Bertz CT molecular complexity index is 669. The summed E-state index contributed by atoms with van der Waals surface area (Å²) in [6.45, 7) is 2.14. The van der Waals surface area contributed by atoms with Crippen molar-refractivity contribution < 1.29 is 14.6 Å². The summed E-state index contributed by atoms with van der Waals surface area (Å²) in [6.07, 6.45) is 1.32. The predicted octanol–water partition coefficient (Wildman–Crippen LogP) is 3.87. The Morgan fingerprint density at radius 1 is 0.920 bits per heavy atom. The minimum Gasteiger partial charge on any atom is -0.497 e. The van der Waals surface area contributed by atoms with Crippen molar-refractivity contribution in [2.45, 2.75) is 38.0 Å². The molecule has 1 aliphatic heterocycles. The maximum atomic E-state index is 10.7. The SMILES string of the molecule is CC[C@@H]1[C@@H](c2ccc(OC)cc2)N[C@@H](c2ccc(OC)cc2)C[C@@H]1O. The molecule has 4 heteroatoms. The third kappa shape index (κ3) is 3.80. The lowest BCUT2D eigenvalue weighted by molar-refractivity contribution is 0.0290. The van der Waals surface area contributed by atoms with E-state index in [1.165, 1.54) is 11.1 Å². The van der Waals surface area contributed by atoms with Gasteiger partial charge in [-0.2, -0.15) is 0 Å². The van der Waals surface area contributed by atoms with E-state index in [0.29, 0.717) is 0 Å². The number of rotatable bonds is 5. The maximum absolute atomic E-state index is 10.7. The van der Waals surface area contributed by atoms with Crippen LogP contribution in [0.4, 0.5) is 0 Å². The fourth-order valence-electron chi connectivity index (χ4n) is 3.78. The van der Waals surface area contributed by atoms with Gasteiger partial charge in [0.05, 0.1) is 20.3 Å². The van der Waals surface area contributed by atoms with Crippen LogP contribution in [0.5, 0.6) is 11.5 Å². The van der Waals surface area contributed by atoms with Gasteiger partial charge in [0.1, 0.15) is 11.5 Å². The van der Waals surface area contributed by atoms with Crippen LogP contribution in [0.2, 0.25) is 0 Å². The number of aliphatic hydroxyl groups excluding tert-OH is 1. The average Bonchev–Trinajstić information content (AvgIpc) is 2.67. The van der Waals surface area contributed by atoms with Gasteiger partial charge < -0.3 is 19.9 Å². The molecule has 2 N–H and O–H groups in total. The third-order valence-corrected chi connectivity index (χ3v) is 5.24. The van der Waals surface area contributed by atoms with E-state index in [0.717, 1.165) is 24.3 Å². The van der Waals surface area contributed by atoms with Crippen molar-refractivity contribution in [3.63, 3.8) is 0 Å². The van der Waals surface area contributed by atoms with Crippen LogP contribution in [0, 0.1) is 5.92 Å². The van der Waals surface area contributed by atoms with E-state index >= 15 is 0 Å². The van der Waals surface area contributed by atoms with Crippen molar-refractivity contribution >= 4 is 0 Å². The summed E-state index contributed by atoms with van der Waals surface area (Å²) >= 11 is 0. The van der Waals surface area contributed by atoms with E-state index in [4.69, 9.17) is 9.47 Å². The van der Waals surface area contributed by atoms with Gasteiger partial charge in [0.2, 0.25) is 0 Å². The number of methoxy groups -OCH3 is 2. The molecule has 0 radical (unpaired) electrons. The van der Waals surface area contributed by atoms with E-state index in [1.54, 1.807) is 14.2 Å². The molecule has 2 aromatic carbocycles. The number of aliphatic hydroxyl groups is 1. The van der Waals surface area contributed by atoms with E-state index in [9.17, 15) is 5.11 Å². The summed E-state index contributed by atoms with van der Waals surface area (Å²) in [4.78, 5) is 0. The second kappa shape index (κ2) is 7.89. The standard InChI is InChI=1S/C21H27NO3/c1-4-18-20(23)13-19(14-5-9-16(24-2)10-6-14)22-21(18)15-7-11-17(25-3)12-8-15/h5-12,18-23H,4,13H2,1-3H3/t18-,19+,20-,21+/m0/s1. The first-order valence-corrected chi connectivity index (χ1v) is 8.88. The fraction of sp³-hybridized carbons (Fsp3) is 0.429. The summed E-state index contributed by atoms with van der Waals surface area (Å²) < 4.78 is 10.5. The number of benzene rings is 2. The molecule has 1 heterocycles. The van der Waals surface area contributed by atoms with Crippen LogP contribution in [0.15, 0.2) is 48.5 Å². The molecule has 4 atom stereocenters. The molecule has 25 heavy (non-hydrogen) atoms. The first-order valence-electron chi connectivity index (χ1n) is 8.88. The Morgan fingerprint density at radius 2 is 1.44 bits per heavy atom. The Labute approximate surface area is 149 Å². The Kier molecular flexibility index (Phi) is 5.61. The molecule has 3 rings (SSSR count). The summed E-state index contributed by atoms with van der Waals surface area (Å²) in [6, 6.07) is 16.4. The zero-order valence-corrected chi connectivity index (χ0v) is 15.1. The minimum atomic E-state index is -0.328. The number of ether oxygens (including phenoxy) is 2. The van der Waals surface area contributed by atoms with Crippen molar-refractivity contribution in [1.82, 2.24) is 5.32 Å². The first-order chi connectivity index (χ1) is 12.2. The van der Waals surface area contributed by atoms with Crippen LogP contribution in [0.25, 0.3) is 0 Å². The average molecular weight is 341 g/mol. The lowest BCUT2D eigenvalue weighted by Crippen LogP contribution is -2.44. The topological polar surface area (TPSA) is 50.7 Å². The highest BCUT2D eigenvalue weighted by atomic mass is 16.5. The van der Waals surface area contributed by atoms with E-state index in [1.807, 2.05) is 24.3 Å². The molecule has 1 aliphatic rings. The summed E-state index contributed by atoms with van der Waals surface area (Å²) in [5, 5.41) is 14.5. The summed E-state index contributed by atoms with van der Waals surface area (Å²) in [5.74, 6) is 1.89. The van der Waals surface area contributed by atoms with Gasteiger partial charge in [-0.15, -0.1) is 0 Å². The molecule has 0 bridgehead atoms. The number of hydrogen-bond acceptors (Lipinski definition) is 4. The Morgan fingerprint density at radius 3 is 1.92 bits per heavy atom. The molecular formula is C21H27NO3. The molecule has 0 amide bonds. The van der Waals surface area contributed by atoms with Crippen LogP contribution in [-0.2, 0) is 0 Å². The van der Waals surface area contributed by atoms with E-state index in [2.05, 4.69) is 36.5 Å². The van der Waals surface area contributed by atoms with Crippen molar-refractivity contribution in [2.75, 3.05) is 14.2 Å². The molecule has 1 saturated heterocycles. The zero-order chi connectivity index (χ0) is 17.8. The normalized spacial score (nSPS) is 26.2. The lowest BCUT2D eigenvalue weighted by atomic mass is 9.78. The zero-order valence-electron chi connectivity index (χ0n) is 15.1. The van der Waals surface area contributed by atoms with Crippen LogP contribution in [0.3, 0.4) is 0 Å². The quantitative estimate of drug-likeness (QED) is 0.867. The second-order valence-electron chi connectivity index (χ2n) is 6.62. The number of piperidine rings is 1. The van der Waals surface area contributed by atoms with E-state index in [-0.39, 0.29) is 24.1 Å². The molecule has 4 nitrogen and oxygen atoms in total. The van der Waals surface area contributed by atoms with Gasteiger partial charge >= 0.3 is 0 Å². The molecule has 2 aromatic rings. The summed E-state index contributed by atoms with van der Waals surface area (Å²) in [5.41, 5.74) is 2.36. The third-order valence-electron chi connectivity index (χ3n) is 5.24.